The molecule has 0 spiro atoms. The lowest BCUT2D eigenvalue weighted by Crippen LogP contribution is -2.60. The molecule has 0 bridgehead atoms. The van der Waals surface area contributed by atoms with Crippen molar-refractivity contribution in [2.75, 3.05) is 20.6 Å². The Kier molecular flexibility index (Phi) is 4.55. The van der Waals surface area contributed by atoms with Crippen LogP contribution >= 0.6 is 0 Å². The Balaban J connectivity index is 2.47. The van der Waals surface area contributed by atoms with Gasteiger partial charge >= 0.3 is 0 Å². The third-order valence-corrected chi connectivity index (χ3v) is 4.10. The molecule has 0 aromatic heterocycles. The van der Waals surface area contributed by atoms with Crippen LogP contribution in [0.2, 0.25) is 0 Å². The van der Waals surface area contributed by atoms with Gasteiger partial charge in [-0.05, 0) is 46.7 Å². The first kappa shape index (κ1) is 14.5. The van der Waals surface area contributed by atoms with Gasteiger partial charge in [-0.2, -0.15) is 0 Å². The van der Waals surface area contributed by atoms with E-state index < -0.39 is 5.54 Å². The second-order valence-corrected chi connectivity index (χ2v) is 5.82. The molecular formula is C13H27N3O. The highest BCUT2D eigenvalue weighted by atomic mass is 16.2. The van der Waals surface area contributed by atoms with E-state index in [4.69, 9.17) is 5.73 Å². The second-order valence-electron chi connectivity index (χ2n) is 5.82. The van der Waals surface area contributed by atoms with Crippen LogP contribution in [0, 0.1) is 0 Å². The van der Waals surface area contributed by atoms with E-state index in [2.05, 4.69) is 24.3 Å². The smallest absolute Gasteiger partial charge is 0.239 e. The Morgan fingerprint density at radius 1 is 1.47 bits per heavy atom. The van der Waals surface area contributed by atoms with E-state index in [9.17, 15) is 4.79 Å². The van der Waals surface area contributed by atoms with Crippen LogP contribution in [0.15, 0.2) is 0 Å². The lowest BCUT2D eigenvalue weighted by atomic mass is 9.75. The highest BCUT2D eigenvalue weighted by Crippen LogP contribution is 2.35. The number of hydrogen-bond acceptors (Lipinski definition) is 3. The van der Waals surface area contributed by atoms with Crippen molar-refractivity contribution in [3.8, 4) is 0 Å². The fourth-order valence-electron chi connectivity index (χ4n) is 2.45. The fraction of sp³-hybridized carbons (Fsp3) is 0.923. The van der Waals surface area contributed by atoms with Gasteiger partial charge in [-0.3, -0.25) is 4.79 Å². The third-order valence-electron chi connectivity index (χ3n) is 4.10. The van der Waals surface area contributed by atoms with E-state index in [0.29, 0.717) is 0 Å². The lowest BCUT2D eigenvalue weighted by Gasteiger charge is -2.47. The SMILES string of the molecule is CCCC(C)(N)C(=O)NCC1(N(C)C)CCC1. The lowest BCUT2D eigenvalue weighted by molar-refractivity contribution is -0.127. The van der Waals surface area contributed by atoms with Gasteiger partial charge in [-0.25, -0.2) is 0 Å². The Morgan fingerprint density at radius 2 is 2.06 bits per heavy atom. The quantitative estimate of drug-likeness (QED) is 0.732. The zero-order valence-corrected chi connectivity index (χ0v) is 11.7. The minimum atomic E-state index is -0.730. The van der Waals surface area contributed by atoms with Crippen molar-refractivity contribution in [1.82, 2.24) is 10.2 Å². The molecule has 0 heterocycles. The summed E-state index contributed by atoms with van der Waals surface area (Å²) in [7, 11) is 4.16. The molecule has 3 N–H and O–H groups in total. The predicted octanol–water partition coefficient (Wildman–Crippen LogP) is 1.10. The number of hydrogen-bond donors (Lipinski definition) is 2. The van der Waals surface area contributed by atoms with Gasteiger partial charge in [-0.15, -0.1) is 0 Å². The molecule has 1 atom stereocenters. The highest BCUT2D eigenvalue weighted by Gasteiger charge is 2.40. The molecule has 1 amide bonds. The third kappa shape index (κ3) is 3.19. The number of nitrogens with two attached hydrogens (primary N) is 1. The minimum absolute atomic E-state index is 0.0209. The number of carbonyl (C=O) groups excluding carboxylic acids is 1. The van der Waals surface area contributed by atoms with E-state index >= 15 is 0 Å². The van der Waals surface area contributed by atoms with E-state index in [1.807, 2.05) is 13.8 Å². The van der Waals surface area contributed by atoms with Crippen LogP contribution in [0.25, 0.3) is 0 Å². The number of carbonyl (C=O) groups is 1. The molecule has 1 aliphatic carbocycles. The summed E-state index contributed by atoms with van der Waals surface area (Å²) in [6.07, 6.45) is 5.24. The molecule has 1 rings (SSSR count). The Hall–Kier alpha value is -0.610. The summed E-state index contributed by atoms with van der Waals surface area (Å²) >= 11 is 0. The zero-order chi connectivity index (χ0) is 13.1. The van der Waals surface area contributed by atoms with Gasteiger partial charge in [0.25, 0.3) is 0 Å². The maximum absolute atomic E-state index is 12.0. The largest absolute Gasteiger partial charge is 0.353 e. The summed E-state index contributed by atoms with van der Waals surface area (Å²) in [6.45, 7) is 4.58. The van der Waals surface area contributed by atoms with Gasteiger partial charge in [0.05, 0.1) is 5.54 Å². The molecule has 1 saturated carbocycles. The van der Waals surface area contributed by atoms with Gasteiger partial charge in [0.15, 0.2) is 0 Å². The molecule has 0 aromatic rings. The topological polar surface area (TPSA) is 58.4 Å². The molecule has 1 unspecified atom stereocenters. The first-order valence-corrected chi connectivity index (χ1v) is 6.59. The first-order valence-electron chi connectivity index (χ1n) is 6.59. The van der Waals surface area contributed by atoms with Crippen LogP contribution in [0.1, 0.15) is 46.0 Å². The summed E-state index contributed by atoms with van der Waals surface area (Å²) in [5.41, 5.74) is 5.44. The van der Waals surface area contributed by atoms with Crippen LogP contribution in [0.3, 0.4) is 0 Å². The van der Waals surface area contributed by atoms with Crippen LogP contribution in [0.4, 0.5) is 0 Å². The Labute approximate surface area is 105 Å². The summed E-state index contributed by atoms with van der Waals surface area (Å²) < 4.78 is 0. The van der Waals surface area contributed by atoms with Gasteiger partial charge in [0.2, 0.25) is 5.91 Å². The van der Waals surface area contributed by atoms with Gasteiger partial charge in [-0.1, -0.05) is 13.3 Å². The Bertz CT molecular complexity index is 270. The van der Waals surface area contributed by atoms with Crippen molar-refractivity contribution < 1.29 is 4.79 Å². The van der Waals surface area contributed by atoms with Crippen LogP contribution in [-0.2, 0) is 4.79 Å². The molecule has 0 aliphatic heterocycles. The number of rotatable bonds is 6. The van der Waals surface area contributed by atoms with Crippen molar-refractivity contribution in [3.63, 3.8) is 0 Å². The van der Waals surface area contributed by atoms with Gasteiger partial charge < -0.3 is 16.0 Å². The van der Waals surface area contributed by atoms with Crippen LogP contribution in [0.5, 0.6) is 0 Å². The normalized spacial score (nSPS) is 21.8. The first-order chi connectivity index (χ1) is 7.84. The van der Waals surface area contributed by atoms with E-state index in [1.165, 1.54) is 6.42 Å². The zero-order valence-electron chi connectivity index (χ0n) is 11.7. The molecule has 1 aliphatic rings. The molecule has 17 heavy (non-hydrogen) atoms. The van der Waals surface area contributed by atoms with Crippen molar-refractivity contribution in [1.29, 1.82) is 0 Å². The van der Waals surface area contributed by atoms with Crippen molar-refractivity contribution in [3.05, 3.63) is 0 Å². The molecule has 1 fully saturated rings. The maximum Gasteiger partial charge on any atom is 0.239 e. The van der Waals surface area contributed by atoms with Crippen molar-refractivity contribution in [2.45, 2.75) is 57.0 Å². The summed E-state index contributed by atoms with van der Waals surface area (Å²) in [5.74, 6) is -0.0209. The standard InChI is InChI=1S/C13H27N3O/c1-5-7-12(2,14)11(17)15-10-13(16(3)4)8-6-9-13/h5-10,14H2,1-4H3,(H,15,17). The van der Waals surface area contributed by atoms with Crippen molar-refractivity contribution in [2.24, 2.45) is 5.73 Å². The monoisotopic (exact) mass is 241 g/mol. The molecule has 0 aromatic carbocycles. The maximum atomic E-state index is 12.0. The fourth-order valence-corrected chi connectivity index (χ4v) is 2.45. The average Bonchev–Trinajstić information content (AvgIpc) is 2.14. The summed E-state index contributed by atoms with van der Waals surface area (Å²) in [5, 5.41) is 3.03. The molecule has 4 heteroatoms. The minimum Gasteiger partial charge on any atom is -0.353 e. The molecule has 4 nitrogen and oxygen atoms in total. The van der Waals surface area contributed by atoms with E-state index in [0.717, 1.165) is 32.2 Å². The number of amides is 1. The number of nitrogens with zero attached hydrogens (tertiary/aromatic N) is 1. The highest BCUT2D eigenvalue weighted by molar-refractivity contribution is 5.85. The molecular weight excluding hydrogens is 214 g/mol. The number of likely N-dealkylation sites (N-methyl/N-ethyl adjacent to an activating group) is 1. The molecule has 0 radical (unpaired) electrons. The van der Waals surface area contributed by atoms with Crippen molar-refractivity contribution >= 4 is 5.91 Å². The summed E-state index contributed by atoms with van der Waals surface area (Å²) in [6, 6.07) is 0. The average molecular weight is 241 g/mol. The van der Waals surface area contributed by atoms with Crippen LogP contribution < -0.4 is 11.1 Å². The number of nitrogens with one attached hydrogen (secondary N) is 1. The van der Waals surface area contributed by atoms with E-state index in [1.54, 1.807) is 0 Å². The summed E-state index contributed by atoms with van der Waals surface area (Å²) in [4.78, 5) is 14.2. The molecule has 0 saturated heterocycles. The van der Waals surface area contributed by atoms with Crippen LogP contribution in [-0.4, -0.2) is 42.5 Å². The van der Waals surface area contributed by atoms with E-state index in [-0.39, 0.29) is 11.4 Å². The predicted molar refractivity (Wildman–Crippen MR) is 70.8 cm³/mol. The van der Waals surface area contributed by atoms with Gasteiger partial charge in [0.1, 0.15) is 0 Å². The molecule has 100 valence electrons. The van der Waals surface area contributed by atoms with Gasteiger partial charge in [0, 0.05) is 12.1 Å². The Morgan fingerprint density at radius 3 is 2.41 bits per heavy atom. The second kappa shape index (κ2) is 5.36.